The van der Waals surface area contributed by atoms with Crippen molar-refractivity contribution in [2.75, 3.05) is 20.1 Å². The van der Waals surface area contributed by atoms with Gasteiger partial charge in [0.15, 0.2) is 0 Å². The van der Waals surface area contributed by atoms with Crippen LogP contribution in [0.25, 0.3) is 0 Å². The maximum Gasteiger partial charge on any atom is 0.303 e. The van der Waals surface area contributed by atoms with Crippen molar-refractivity contribution in [1.82, 2.24) is 4.90 Å². The Balaban J connectivity index is 3.45. The summed E-state index contributed by atoms with van der Waals surface area (Å²) in [6, 6.07) is 0. The molecule has 0 saturated carbocycles. The van der Waals surface area contributed by atoms with Gasteiger partial charge >= 0.3 is 5.97 Å². The average molecular weight is 203 g/mol. The summed E-state index contributed by atoms with van der Waals surface area (Å²) in [6.07, 6.45) is 1.79. The Labute approximate surface area is 85.5 Å². The summed E-state index contributed by atoms with van der Waals surface area (Å²) in [4.78, 5) is 12.2. The molecular weight excluding hydrogens is 182 g/mol. The highest BCUT2D eigenvalue weighted by Gasteiger charge is 2.14. The van der Waals surface area contributed by atoms with Gasteiger partial charge in [0.1, 0.15) is 0 Å². The summed E-state index contributed by atoms with van der Waals surface area (Å²) >= 11 is 0. The van der Waals surface area contributed by atoms with E-state index in [1.807, 2.05) is 11.9 Å². The third-order valence-corrected chi connectivity index (χ3v) is 1.84. The first-order valence-corrected chi connectivity index (χ1v) is 4.94. The molecule has 0 unspecified atom stereocenters. The average Bonchev–Trinajstić information content (AvgIpc) is 1.94. The Morgan fingerprint density at radius 2 is 1.93 bits per heavy atom. The molecule has 0 aromatic carbocycles. The molecule has 0 fully saturated rings. The van der Waals surface area contributed by atoms with E-state index in [2.05, 4.69) is 0 Å². The van der Waals surface area contributed by atoms with Gasteiger partial charge < -0.3 is 15.1 Å². The van der Waals surface area contributed by atoms with E-state index in [0.717, 1.165) is 13.0 Å². The molecule has 0 heterocycles. The summed E-state index contributed by atoms with van der Waals surface area (Å²) < 4.78 is 0. The molecule has 2 N–H and O–H groups in total. The minimum atomic E-state index is -0.741. The van der Waals surface area contributed by atoms with E-state index in [-0.39, 0.29) is 6.42 Å². The van der Waals surface area contributed by atoms with Crippen LogP contribution in [0.15, 0.2) is 0 Å². The first kappa shape index (κ1) is 13.4. The van der Waals surface area contributed by atoms with Gasteiger partial charge in [0.2, 0.25) is 0 Å². The van der Waals surface area contributed by atoms with Gasteiger partial charge in [0.05, 0.1) is 5.60 Å². The van der Waals surface area contributed by atoms with Crippen LogP contribution in [-0.4, -0.2) is 46.8 Å². The largest absolute Gasteiger partial charge is 0.481 e. The van der Waals surface area contributed by atoms with E-state index >= 15 is 0 Å². The van der Waals surface area contributed by atoms with Crippen molar-refractivity contribution < 1.29 is 15.0 Å². The fourth-order valence-corrected chi connectivity index (χ4v) is 1.40. The first-order valence-electron chi connectivity index (χ1n) is 4.94. The Morgan fingerprint density at radius 1 is 1.36 bits per heavy atom. The van der Waals surface area contributed by atoms with Gasteiger partial charge in [-0.2, -0.15) is 0 Å². The van der Waals surface area contributed by atoms with Crippen LogP contribution in [0, 0.1) is 0 Å². The quantitative estimate of drug-likeness (QED) is 0.605. The SMILES string of the molecule is CN(CCCCC(=O)O)CC(C)(C)O. The Morgan fingerprint density at radius 3 is 2.36 bits per heavy atom. The van der Waals surface area contributed by atoms with Crippen molar-refractivity contribution in [3.8, 4) is 0 Å². The number of hydrogen-bond acceptors (Lipinski definition) is 3. The van der Waals surface area contributed by atoms with Crippen LogP contribution in [-0.2, 0) is 4.79 Å². The molecule has 4 nitrogen and oxygen atoms in total. The molecule has 0 aliphatic heterocycles. The fourth-order valence-electron chi connectivity index (χ4n) is 1.40. The van der Waals surface area contributed by atoms with E-state index in [0.29, 0.717) is 13.0 Å². The van der Waals surface area contributed by atoms with Crippen LogP contribution >= 0.6 is 0 Å². The predicted molar refractivity (Wildman–Crippen MR) is 55.3 cm³/mol. The summed E-state index contributed by atoms with van der Waals surface area (Å²) in [6.45, 7) is 4.97. The molecule has 0 atom stereocenters. The summed E-state index contributed by atoms with van der Waals surface area (Å²) in [5, 5.41) is 17.9. The number of aliphatic hydroxyl groups is 1. The molecule has 0 amide bonds. The number of carboxylic acids is 1. The molecular formula is C10H21NO3. The lowest BCUT2D eigenvalue weighted by atomic mass is 10.1. The number of rotatable bonds is 7. The van der Waals surface area contributed by atoms with Crippen LogP contribution in [0.1, 0.15) is 33.1 Å². The number of unbranched alkanes of at least 4 members (excludes halogenated alkanes) is 1. The van der Waals surface area contributed by atoms with Crippen LogP contribution < -0.4 is 0 Å². The number of carboxylic acid groups (broad SMARTS) is 1. The van der Waals surface area contributed by atoms with E-state index in [4.69, 9.17) is 5.11 Å². The van der Waals surface area contributed by atoms with Gasteiger partial charge in [0, 0.05) is 13.0 Å². The summed E-state index contributed by atoms with van der Waals surface area (Å²) in [7, 11) is 1.93. The van der Waals surface area contributed by atoms with Gasteiger partial charge in [-0.25, -0.2) is 0 Å². The lowest BCUT2D eigenvalue weighted by Crippen LogP contribution is -2.36. The predicted octanol–water partition coefficient (Wildman–Crippen LogP) is 0.944. The van der Waals surface area contributed by atoms with Crippen molar-refractivity contribution in [3.63, 3.8) is 0 Å². The number of hydrogen-bond donors (Lipinski definition) is 2. The van der Waals surface area contributed by atoms with Crippen LogP contribution in [0.3, 0.4) is 0 Å². The van der Waals surface area contributed by atoms with Crippen molar-refractivity contribution in [2.24, 2.45) is 0 Å². The highest BCUT2D eigenvalue weighted by molar-refractivity contribution is 5.66. The molecule has 0 rings (SSSR count). The number of aliphatic carboxylic acids is 1. The highest BCUT2D eigenvalue weighted by Crippen LogP contribution is 2.04. The number of nitrogens with zero attached hydrogens (tertiary/aromatic N) is 1. The van der Waals surface area contributed by atoms with Crippen LogP contribution in [0.5, 0.6) is 0 Å². The highest BCUT2D eigenvalue weighted by atomic mass is 16.4. The zero-order chi connectivity index (χ0) is 11.2. The minimum Gasteiger partial charge on any atom is -0.481 e. The maximum absolute atomic E-state index is 10.2. The molecule has 0 aliphatic rings. The second kappa shape index (κ2) is 5.98. The van der Waals surface area contributed by atoms with E-state index < -0.39 is 11.6 Å². The second-order valence-corrected chi connectivity index (χ2v) is 4.40. The number of carbonyl (C=O) groups is 1. The van der Waals surface area contributed by atoms with Gasteiger partial charge in [-0.1, -0.05) is 0 Å². The molecule has 0 aromatic heterocycles. The fraction of sp³-hybridized carbons (Fsp3) is 0.900. The molecule has 0 aromatic rings. The molecule has 84 valence electrons. The first-order chi connectivity index (χ1) is 6.31. The van der Waals surface area contributed by atoms with Crippen molar-refractivity contribution >= 4 is 5.97 Å². The molecule has 4 heteroatoms. The van der Waals surface area contributed by atoms with E-state index in [1.165, 1.54) is 0 Å². The third kappa shape index (κ3) is 9.48. The zero-order valence-electron chi connectivity index (χ0n) is 9.29. The monoisotopic (exact) mass is 203 g/mol. The lowest BCUT2D eigenvalue weighted by Gasteiger charge is -2.25. The smallest absolute Gasteiger partial charge is 0.303 e. The van der Waals surface area contributed by atoms with Crippen LogP contribution in [0.2, 0.25) is 0 Å². The minimum absolute atomic E-state index is 0.232. The maximum atomic E-state index is 10.2. The van der Waals surface area contributed by atoms with Crippen molar-refractivity contribution in [3.05, 3.63) is 0 Å². The van der Waals surface area contributed by atoms with Gasteiger partial charge in [-0.15, -0.1) is 0 Å². The van der Waals surface area contributed by atoms with Gasteiger partial charge in [-0.05, 0) is 40.3 Å². The number of likely N-dealkylation sites (N-methyl/N-ethyl adjacent to an activating group) is 1. The Kier molecular flexibility index (Phi) is 5.72. The molecule has 0 bridgehead atoms. The van der Waals surface area contributed by atoms with Gasteiger partial charge in [-0.3, -0.25) is 4.79 Å². The Hall–Kier alpha value is -0.610. The molecule has 0 aliphatic carbocycles. The van der Waals surface area contributed by atoms with E-state index in [1.54, 1.807) is 13.8 Å². The summed E-state index contributed by atoms with van der Waals surface area (Å²) in [5.74, 6) is -0.741. The zero-order valence-corrected chi connectivity index (χ0v) is 9.29. The van der Waals surface area contributed by atoms with Crippen LogP contribution in [0.4, 0.5) is 0 Å². The van der Waals surface area contributed by atoms with Crippen molar-refractivity contribution in [2.45, 2.75) is 38.7 Å². The standard InChI is InChI=1S/C10H21NO3/c1-10(2,14)8-11(3)7-5-4-6-9(12)13/h14H,4-8H2,1-3H3,(H,12,13). The summed E-state index contributed by atoms with van der Waals surface area (Å²) in [5.41, 5.74) is -0.679. The van der Waals surface area contributed by atoms with Gasteiger partial charge in [0.25, 0.3) is 0 Å². The molecule has 0 spiro atoms. The molecule has 0 radical (unpaired) electrons. The van der Waals surface area contributed by atoms with Crippen molar-refractivity contribution in [1.29, 1.82) is 0 Å². The van der Waals surface area contributed by atoms with E-state index in [9.17, 15) is 9.90 Å². The normalized spacial score (nSPS) is 12.1. The molecule has 0 saturated heterocycles. The molecule has 14 heavy (non-hydrogen) atoms. The topological polar surface area (TPSA) is 60.8 Å². The second-order valence-electron chi connectivity index (χ2n) is 4.40. The lowest BCUT2D eigenvalue weighted by molar-refractivity contribution is -0.137. The Bertz CT molecular complexity index is 175. The third-order valence-electron chi connectivity index (χ3n) is 1.84.